The first-order chi connectivity index (χ1) is 19.6. The lowest BCUT2D eigenvalue weighted by molar-refractivity contribution is 0.200. The monoisotopic (exact) mass is 613 g/mol. The number of urea groups is 1. The zero-order valence-corrected chi connectivity index (χ0v) is 25.1. The minimum Gasteiger partial charge on any atom is -0.337 e. The lowest BCUT2D eigenvalue weighted by Gasteiger charge is -2.33. The van der Waals surface area contributed by atoms with Crippen molar-refractivity contribution in [1.82, 2.24) is 14.9 Å². The lowest BCUT2D eigenvalue weighted by atomic mass is 9.92. The second-order valence-electron chi connectivity index (χ2n) is 10.3. The van der Waals surface area contributed by atoms with Crippen molar-refractivity contribution in [3.8, 4) is 17.2 Å². The standard InChI is InChI=1S/C30H33Cl2N5O3S/c1-41(39,40)36-28-10-13-37(14-11-28)12-9-25(20-34-30(38)35-29-17-26(31)16-27(32)18-29)23-7-5-22(6-8-23)24-4-2-3-21(15-24)19-33/h2-8,15-18,25,28,36H,9-14,20H2,1H3,(H2,34,35,38). The van der Waals surface area contributed by atoms with Crippen LogP contribution < -0.4 is 15.4 Å². The minimum atomic E-state index is -3.22. The molecule has 1 fully saturated rings. The van der Waals surface area contributed by atoms with Crippen molar-refractivity contribution in [2.24, 2.45) is 0 Å². The molecule has 0 spiro atoms. The summed E-state index contributed by atoms with van der Waals surface area (Å²) in [6.07, 6.45) is 3.52. The summed E-state index contributed by atoms with van der Waals surface area (Å²) < 4.78 is 25.9. The SMILES string of the molecule is CS(=O)(=O)NC1CCN(CCC(CNC(=O)Nc2cc(Cl)cc(Cl)c2)c2ccc(-c3cccc(C#N)c3)cc2)CC1. The van der Waals surface area contributed by atoms with Gasteiger partial charge in [-0.1, -0.05) is 59.6 Å². The van der Waals surface area contributed by atoms with Crippen molar-refractivity contribution < 1.29 is 13.2 Å². The number of halogens is 2. The molecule has 1 aliphatic rings. The number of piperidine rings is 1. The van der Waals surface area contributed by atoms with Crippen molar-refractivity contribution in [2.75, 3.05) is 37.8 Å². The van der Waals surface area contributed by atoms with Crippen molar-refractivity contribution in [3.63, 3.8) is 0 Å². The molecule has 1 aliphatic heterocycles. The highest BCUT2D eigenvalue weighted by Crippen LogP contribution is 2.27. The molecule has 2 amide bonds. The average Bonchev–Trinajstić information content (AvgIpc) is 2.93. The number of amides is 2. The number of nitrogens with one attached hydrogen (secondary N) is 3. The van der Waals surface area contributed by atoms with Crippen LogP contribution in [0.2, 0.25) is 10.0 Å². The molecule has 8 nitrogen and oxygen atoms in total. The molecule has 216 valence electrons. The predicted octanol–water partition coefficient (Wildman–Crippen LogP) is 5.84. The summed E-state index contributed by atoms with van der Waals surface area (Å²) in [5, 5.41) is 15.9. The van der Waals surface area contributed by atoms with Gasteiger partial charge in [-0.05, 0) is 85.9 Å². The van der Waals surface area contributed by atoms with E-state index in [0.29, 0.717) is 27.8 Å². The number of hydrogen-bond donors (Lipinski definition) is 3. The zero-order valence-electron chi connectivity index (χ0n) is 22.7. The Morgan fingerprint density at radius 2 is 1.71 bits per heavy atom. The molecule has 11 heteroatoms. The molecule has 1 heterocycles. The van der Waals surface area contributed by atoms with E-state index in [-0.39, 0.29) is 18.0 Å². The highest BCUT2D eigenvalue weighted by Gasteiger charge is 2.23. The van der Waals surface area contributed by atoms with E-state index in [4.69, 9.17) is 23.2 Å². The number of anilines is 1. The number of sulfonamides is 1. The van der Waals surface area contributed by atoms with Gasteiger partial charge in [0, 0.05) is 34.2 Å². The van der Waals surface area contributed by atoms with Crippen molar-refractivity contribution >= 4 is 44.9 Å². The van der Waals surface area contributed by atoms with Gasteiger partial charge < -0.3 is 15.5 Å². The summed E-state index contributed by atoms with van der Waals surface area (Å²) in [5.41, 5.74) is 4.18. The summed E-state index contributed by atoms with van der Waals surface area (Å²) >= 11 is 12.1. The van der Waals surface area contributed by atoms with Gasteiger partial charge in [0.05, 0.1) is 17.9 Å². The maximum Gasteiger partial charge on any atom is 0.319 e. The van der Waals surface area contributed by atoms with Crippen LogP contribution in [0.5, 0.6) is 0 Å². The molecule has 3 aromatic rings. The second kappa shape index (κ2) is 14.2. The molecule has 0 bridgehead atoms. The van der Waals surface area contributed by atoms with Crippen LogP contribution in [-0.2, 0) is 10.0 Å². The van der Waals surface area contributed by atoms with Crippen LogP contribution >= 0.6 is 23.2 Å². The first-order valence-electron chi connectivity index (χ1n) is 13.4. The van der Waals surface area contributed by atoms with Crippen LogP contribution in [0.15, 0.2) is 66.7 Å². The Hall–Kier alpha value is -3.13. The molecule has 0 saturated carbocycles. The van der Waals surface area contributed by atoms with E-state index in [9.17, 15) is 18.5 Å². The normalized spacial score (nSPS) is 15.2. The number of hydrogen-bond acceptors (Lipinski definition) is 5. The Kier molecular flexibility index (Phi) is 10.6. The molecule has 1 saturated heterocycles. The van der Waals surface area contributed by atoms with Crippen LogP contribution in [0, 0.1) is 11.3 Å². The molecule has 3 aromatic carbocycles. The zero-order chi connectivity index (χ0) is 29.4. The fraction of sp³-hybridized carbons (Fsp3) is 0.333. The minimum absolute atomic E-state index is 0.0329. The quantitative estimate of drug-likeness (QED) is 0.266. The summed E-state index contributed by atoms with van der Waals surface area (Å²) in [5.74, 6) is 0.0371. The molecule has 0 radical (unpaired) electrons. The van der Waals surface area contributed by atoms with E-state index >= 15 is 0 Å². The number of benzene rings is 3. The van der Waals surface area contributed by atoms with E-state index < -0.39 is 10.0 Å². The van der Waals surface area contributed by atoms with Crippen LogP contribution in [0.4, 0.5) is 10.5 Å². The third kappa shape index (κ3) is 9.73. The summed E-state index contributed by atoms with van der Waals surface area (Å²) in [6, 6.07) is 22.4. The number of carbonyl (C=O) groups is 1. The number of rotatable bonds is 10. The maximum atomic E-state index is 12.7. The Labute approximate surface area is 251 Å². The Morgan fingerprint density at radius 3 is 2.34 bits per heavy atom. The smallest absolute Gasteiger partial charge is 0.319 e. The average molecular weight is 615 g/mol. The first kappa shape index (κ1) is 30.8. The third-order valence-corrected chi connectivity index (χ3v) is 8.30. The molecule has 1 atom stereocenters. The topological polar surface area (TPSA) is 114 Å². The van der Waals surface area contributed by atoms with Crippen LogP contribution in [-0.4, -0.2) is 57.8 Å². The molecular weight excluding hydrogens is 581 g/mol. The van der Waals surface area contributed by atoms with Gasteiger partial charge in [-0.2, -0.15) is 5.26 Å². The van der Waals surface area contributed by atoms with Crippen LogP contribution in [0.25, 0.3) is 11.1 Å². The van der Waals surface area contributed by atoms with Gasteiger partial charge in [0.2, 0.25) is 10.0 Å². The first-order valence-corrected chi connectivity index (χ1v) is 16.0. The fourth-order valence-corrected chi connectivity index (χ4v) is 6.40. The summed E-state index contributed by atoms with van der Waals surface area (Å²) in [7, 11) is -3.22. The number of nitriles is 1. The molecule has 4 rings (SSSR count). The van der Waals surface area contributed by atoms with Gasteiger partial charge >= 0.3 is 6.03 Å². The van der Waals surface area contributed by atoms with E-state index in [0.717, 1.165) is 55.6 Å². The Morgan fingerprint density at radius 1 is 1.02 bits per heavy atom. The predicted molar refractivity (Wildman–Crippen MR) is 165 cm³/mol. The molecule has 3 N–H and O–H groups in total. The molecule has 1 unspecified atom stereocenters. The summed E-state index contributed by atoms with van der Waals surface area (Å²) in [6.45, 7) is 2.83. The van der Waals surface area contributed by atoms with Gasteiger partial charge in [0.1, 0.15) is 0 Å². The van der Waals surface area contributed by atoms with Gasteiger partial charge in [-0.25, -0.2) is 17.9 Å². The molecule has 0 aromatic heterocycles. The van der Waals surface area contributed by atoms with E-state index in [1.807, 2.05) is 30.3 Å². The van der Waals surface area contributed by atoms with E-state index in [1.54, 1.807) is 24.3 Å². The van der Waals surface area contributed by atoms with Gasteiger partial charge in [-0.3, -0.25) is 0 Å². The van der Waals surface area contributed by atoms with Crippen LogP contribution in [0.3, 0.4) is 0 Å². The molecule has 41 heavy (non-hydrogen) atoms. The number of likely N-dealkylation sites (tertiary alicyclic amines) is 1. The van der Waals surface area contributed by atoms with Crippen LogP contribution in [0.1, 0.15) is 36.3 Å². The Balaban J connectivity index is 1.42. The maximum absolute atomic E-state index is 12.7. The second-order valence-corrected chi connectivity index (χ2v) is 13.0. The summed E-state index contributed by atoms with van der Waals surface area (Å²) in [4.78, 5) is 15.1. The highest BCUT2D eigenvalue weighted by molar-refractivity contribution is 7.88. The van der Waals surface area contributed by atoms with Crippen molar-refractivity contribution in [1.29, 1.82) is 5.26 Å². The van der Waals surface area contributed by atoms with E-state index in [2.05, 4.69) is 38.5 Å². The fourth-order valence-electron chi connectivity index (χ4n) is 5.04. The molecule has 0 aliphatic carbocycles. The largest absolute Gasteiger partial charge is 0.337 e. The van der Waals surface area contributed by atoms with Gasteiger partial charge in [0.15, 0.2) is 0 Å². The number of carbonyl (C=O) groups excluding carboxylic acids is 1. The Bertz CT molecular complexity index is 1480. The third-order valence-electron chi connectivity index (χ3n) is 7.10. The van der Waals surface area contributed by atoms with E-state index in [1.165, 1.54) is 6.26 Å². The van der Waals surface area contributed by atoms with Gasteiger partial charge in [0.25, 0.3) is 0 Å². The number of nitrogens with zero attached hydrogens (tertiary/aromatic N) is 2. The molecular formula is C30H33Cl2N5O3S. The van der Waals surface area contributed by atoms with Gasteiger partial charge in [-0.15, -0.1) is 0 Å². The van der Waals surface area contributed by atoms with Crippen molar-refractivity contribution in [2.45, 2.75) is 31.2 Å². The lowest BCUT2D eigenvalue weighted by Crippen LogP contribution is -2.44. The highest BCUT2D eigenvalue weighted by atomic mass is 35.5. The van der Waals surface area contributed by atoms with Crippen molar-refractivity contribution in [3.05, 3.63) is 87.9 Å².